The molecular formula is C17H36IN5O2. The Bertz CT molecular complexity index is 412. The SMILES string of the molecule is CCNC(=NCC(=O)NC(C)(C)C)NCC1CCCN1CCOC.I. The van der Waals surface area contributed by atoms with Crippen LogP contribution in [0.4, 0.5) is 0 Å². The van der Waals surface area contributed by atoms with Crippen molar-refractivity contribution < 1.29 is 9.53 Å². The molecule has 1 amide bonds. The lowest BCUT2D eigenvalue weighted by atomic mass is 10.1. The number of guanidine groups is 1. The predicted octanol–water partition coefficient (Wildman–Crippen LogP) is 1.19. The Morgan fingerprint density at radius 3 is 2.64 bits per heavy atom. The van der Waals surface area contributed by atoms with Gasteiger partial charge in [0.25, 0.3) is 0 Å². The third-order valence-corrected chi connectivity index (χ3v) is 3.83. The minimum absolute atomic E-state index is 0. The average molecular weight is 469 g/mol. The van der Waals surface area contributed by atoms with Crippen molar-refractivity contribution in [3.63, 3.8) is 0 Å². The quantitative estimate of drug-likeness (QED) is 0.283. The third kappa shape index (κ3) is 10.9. The minimum Gasteiger partial charge on any atom is -0.383 e. The number of aliphatic imine (C=N–C) groups is 1. The van der Waals surface area contributed by atoms with E-state index in [0.717, 1.165) is 32.8 Å². The zero-order valence-electron chi connectivity index (χ0n) is 16.4. The van der Waals surface area contributed by atoms with E-state index in [1.165, 1.54) is 12.8 Å². The summed E-state index contributed by atoms with van der Waals surface area (Å²) >= 11 is 0. The largest absolute Gasteiger partial charge is 0.383 e. The first-order valence-corrected chi connectivity index (χ1v) is 8.92. The van der Waals surface area contributed by atoms with Crippen LogP contribution in [0.5, 0.6) is 0 Å². The number of methoxy groups -OCH3 is 1. The van der Waals surface area contributed by atoms with Gasteiger partial charge in [-0.05, 0) is 47.1 Å². The number of nitrogens with one attached hydrogen (secondary N) is 3. The van der Waals surface area contributed by atoms with Crippen molar-refractivity contribution >= 4 is 35.8 Å². The number of carbonyl (C=O) groups excluding carboxylic acids is 1. The van der Waals surface area contributed by atoms with E-state index in [1.54, 1.807) is 7.11 Å². The molecule has 0 radical (unpaired) electrons. The van der Waals surface area contributed by atoms with Crippen molar-refractivity contribution in [1.82, 2.24) is 20.9 Å². The summed E-state index contributed by atoms with van der Waals surface area (Å²) < 4.78 is 5.18. The Labute approximate surface area is 169 Å². The van der Waals surface area contributed by atoms with E-state index in [0.29, 0.717) is 12.0 Å². The number of likely N-dealkylation sites (tertiary alicyclic amines) is 1. The fourth-order valence-corrected chi connectivity index (χ4v) is 2.79. The normalized spacial score (nSPS) is 18.6. The van der Waals surface area contributed by atoms with Gasteiger partial charge in [-0.3, -0.25) is 9.69 Å². The molecule has 7 nitrogen and oxygen atoms in total. The zero-order chi connectivity index (χ0) is 18.0. The Morgan fingerprint density at radius 1 is 1.32 bits per heavy atom. The van der Waals surface area contributed by atoms with Crippen LogP contribution in [0, 0.1) is 0 Å². The monoisotopic (exact) mass is 469 g/mol. The Kier molecular flexibility index (Phi) is 12.4. The van der Waals surface area contributed by atoms with Crippen LogP contribution in [0.25, 0.3) is 0 Å². The number of hydrogen-bond donors (Lipinski definition) is 3. The molecule has 148 valence electrons. The second kappa shape index (κ2) is 12.7. The molecule has 1 aliphatic heterocycles. The van der Waals surface area contributed by atoms with E-state index in [-0.39, 0.29) is 42.0 Å². The van der Waals surface area contributed by atoms with E-state index >= 15 is 0 Å². The second-order valence-corrected chi connectivity index (χ2v) is 7.20. The molecule has 1 fully saturated rings. The molecule has 8 heteroatoms. The fourth-order valence-electron chi connectivity index (χ4n) is 2.79. The number of nitrogens with zero attached hydrogens (tertiary/aromatic N) is 2. The van der Waals surface area contributed by atoms with Gasteiger partial charge >= 0.3 is 0 Å². The van der Waals surface area contributed by atoms with Gasteiger partial charge in [-0.25, -0.2) is 4.99 Å². The first-order chi connectivity index (χ1) is 11.4. The first-order valence-electron chi connectivity index (χ1n) is 8.92. The van der Waals surface area contributed by atoms with Gasteiger partial charge in [-0.1, -0.05) is 0 Å². The van der Waals surface area contributed by atoms with Crippen LogP contribution in [0.15, 0.2) is 4.99 Å². The molecule has 0 saturated carbocycles. The van der Waals surface area contributed by atoms with Crippen molar-refractivity contribution in [1.29, 1.82) is 0 Å². The van der Waals surface area contributed by atoms with Crippen LogP contribution in [0.1, 0.15) is 40.5 Å². The number of amides is 1. The first kappa shape index (κ1) is 24.4. The average Bonchev–Trinajstić information content (AvgIpc) is 2.93. The highest BCUT2D eigenvalue weighted by Gasteiger charge is 2.24. The molecule has 0 aromatic rings. The predicted molar refractivity (Wildman–Crippen MR) is 114 cm³/mol. The van der Waals surface area contributed by atoms with Gasteiger partial charge in [0.15, 0.2) is 5.96 Å². The maximum atomic E-state index is 11.9. The van der Waals surface area contributed by atoms with Gasteiger partial charge in [-0.2, -0.15) is 0 Å². The number of halogens is 1. The van der Waals surface area contributed by atoms with E-state index in [9.17, 15) is 4.79 Å². The molecule has 25 heavy (non-hydrogen) atoms. The van der Waals surface area contributed by atoms with Crippen LogP contribution >= 0.6 is 24.0 Å². The van der Waals surface area contributed by atoms with Gasteiger partial charge in [0.1, 0.15) is 6.54 Å². The summed E-state index contributed by atoms with van der Waals surface area (Å²) in [6.45, 7) is 12.5. The van der Waals surface area contributed by atoms with E-state index in [4.69, 9.17) is 4.74 Å². The van der Waals surface area contributed by atoms with E-state index in [2.05, 4.69) is 25.8 Å². The summed E-state index contributed by atoms with van der Waals surface area (Å²) in [5.74, 6) is 0.627. The lowest BCUT2D eigenvalue weighted by Gasteiger charge is -2.25. The molecule has 0 aliphatic carbocycles. The minimum atomic E-state index is -0.232. The van der Waals surface area contributed by atoms with Crippen LogP contribution in [-0.4, -0.2) is 74.8 Å². The highest BCUT2D eigenvalue weighted by Crippen LogP contribution is 2.15. The number of ether oxygens (including phenoxy) is 1. The van der Waals surface area contributed by atoms with Crippen molar-refractivity contribution in [2.45, 2.75) is 52.1 Å². The van der Waals surface area contributed by atoms with Gasteiger partial charge < -0.3 is 20.7 Å². The van der Waals surface area contributed by atoms with Crippen LogP contribution in [0.2, 0.25) is 0 Å². The summed E-state index contributed by atoms with van der Waals surface area (Å²) in [4.78, 5) is 18.7. The van der Waals surface area contributed by atoms with Crippen molar-refractivity contribution in [2.75, 3.05) is 46.4 Å². The number of rotatable bonds is 8. The highest BCUT2D eigenvalue weighted by molar-refractivity contribution is 14.0. The van der Waals surface area contributed by atoms with E-state index < -0.39 is 0 Å². The van der Waals surface area contributed by atoms with Gasteiger partial charge in [-0.15, -0.1) is 24.0 Å². The van der Waals surface area contributed by atoms with Gasteiger partial charge in [0.2, 0.25) is 5.91 Å². The van der Waals surface area contributed by atoms with Crippen LogP contribution in [0.3, 0.4) is 0 Å². The zero-order valence-corrected chi connectivity index (χ0v) is 18.7. The molecule has 1 aliphatic rings. The van der Waals surface area contributed by atoms with Gasteiger partial charge in [0, 0.05) is 38.3 Å². The maximum Gasteiger partial charge on any atom is 0.242 e. The van der Waals surface area contributed by atoms with Crippen LogP contribution in [-0.2, 0) is 9.53 Å². The molecule has 1 unspecified atom stereocenters. The summed E-state index contributed by atoms with van der Waals surface area (Å²) in [6.07, 6.45) is 2.40. The van der Waals surface area contributed by atoms with Crippen LogP contribution < -0.4 is 16.0 Å². The molecule has 3 N–H and O–H groups in total. The van der Waals surface area contributed by atoms with Crippen molar-refractivity contribution in [3.05, 3.63) is 0 Å². The molecule has 0 aromatic carbocycles. The summed E-state index contributed by atoms with van der Waals surface area (Å²) in [7, 11) is 1.74. The van der Waals surface area contributed by atoms with Gasteiger partial charge in [0.05, 0.1) is 6.61 Å². The molecular weight excluding hydrogens is 433 g/mol. The molecule has 1 heterocycles. The molecule has 0 aromatic heterocycles. The summed E-state index contributed by atoms with van der Waals surface area (Å²) in [6, 6.07) is 0.493. The van der Waals surface area contributed by atoms with Crippen molar-refractivity contribution in [2.24, 2.45) is 4.99 Å². The fraction of sp³-hybridized carbons (Fsp3) is 0.882. The molecule has 0 spiro atoms. The highest BCUT2D eigenvalue weighted by atomic mass is 127. The molecule has 1 saturated heterocycles. The summed E-state index contributed by atoms with van der Waals surface area (Å²) in [5.41, 5.74) is -0.232. The molecule has 0 bridgehead atoms. The second-order valence-electron chi connectivity index (χ2n) is 7.20. The summed E-state index contributed by atoms with van der Waals surface area (Å²) in [5, 5.41) is 9.48. The Hall–Kier alpha value is -0.610. The number of hydrogen-bond acceptors (Lipinski definition) is 4. The topological polar surface area (TPSA) is 78.0 Å². The molecule has 1 rings (SSSR count). The standard InChI is InChI=1S/C17H35N5O2.HI/c1-6-18-16(20-13-15(23)21-17(2,3)4)19-12-14-8-7-9-22(14)10-11-24-5;/h14H,6-13H2,1-5H3,(H,21,23)(H2,18,19,20);1H. The maximum absolute atomic E-state index is 11.9. The Morgan fingerprint density at radius 2 is 2.04 bits per heavy atom. The van der Waals surface area contributed by atoms with Crippen molar-refractivity contribution in [3.8, 4) is 0 Å². The van der Waals surface area contributed by atoms with E-state index in [1.807, 2.05) is 27.7 Å². The number of carbonyl (C=O) groups is 1. The lowest BCUT2D eigenvalue weighted by Crippen LogP contribution is -2.46. The smallest absolute Gasteiger partial charge is 0.242 e. The third-order valence-electron chi connectivity index (χ3n) is 3.83. The lowest BCUT2D eigenvalue weighted by molar-refractivity contribution is -0.121. The molecule has 1 atom stereocenters. The Balaban J connectivity index is 0.00000576.